The maximum Gasteiger partial charge on any atom is 0.217 e. The zero-order valence-corrected chi connectivity index (χ0v) is 12.7. The first-order valence-corrected chi connectivity index (χ1v) is 7.69. The number of aromatic nitrogens is 1. The summed E-state index contributed by atoms with van der Waals surface area (Å²) >= 11 is 0. The van der Waals surface area contributed by atoms with Crippen LogP contribution in [0.15, 0.2) is 30.3 Å². The second-order valence-corrected chi connectivity index (χ2v) is 5.81. The number of piperidine rings is 1. The van der Waals surface area contributed by atoms with Crippen molar-refractivity contribution in [2.45, 2.75) is 32.4 Å². The maximum absolute atomic E-state index is 11.3. The van der Waals surface area contributed by atoms with Gasteiger partial charge in [-0.2, -0.15) is 0 Å². The molecule has 0 radical (unpaired) electrons. The normalized spacial score (nSPS) is 18.5. The summed E-state index contributed by atoms with van der Waals surface area (Å²) in [6, 6.07) is 10.1. The summed E-state index contributed by atoms with van der Waals surface area (Å²) in [5, 5.41) is 13.7. The smallest absolute Gasteiger partial charge is 0.217 e. The fourth-order valence-electron chi connectivity index (χ4n) is 3.11. The van der Waals surface area contributed by atoms with Crippen molar-refractivity contribution >= 4 is 22.6 Å². The van der Waals surface area contributed by atoms with Gasteiger partial charge in [0, 0.05) is 37.0 Å². The highest BCUT2D eigenvalue weighted by Gasteiger charge is 2.23. The van der Waals surface area contributed by atoms with Gasteiger partial charge in [-0.25, -0.2) is 4.98 Å². The average molecular weight is 299 g/mol. The van der Waals surface area contributed by atoms with E-state index in [2.05, 4.69) is 10.2 Å². The third-order valence-electron chi connectivity index (χ3n) is 4.08. The molecule has 2 heterocycles. The largest absolute Gasteiger partial charge is 0.392 e. The quantitative estimate of drug-likeness (QED) is 0.907. The number of para-hydroxylation sites is 1. The lowest BCUT2D eigenvalue weighted by molar-refractivity contribution is -0.119. The predicted octanol–water partition coefficient (Wildman–Crippen LogP) is 1.83. The molecule has 5 nitrogen and oxygen atoms in total. The molecule has 1 amide bonds. The average Bonchev–Trinajstić information content (AvgIpc) is 2.53. The van der Waals surface area contributed by atoms with E-state index in [4.69, 9.17) is 4.98 Å². The summed E-state index contributed by atoms with van der Waals surface area (Å²) in [6.45, 7) is 3.15. The van der Waals surface area contributed by atoms with Gasteiger partial charge in [-0.15, -0.1) is 0 Å². The third-order valence-corrected chi connectivity index (χ3v) is 4.08. The van der Waals surface area contributed by atoms with Gasteiger partial charge in [0.2, 0.25) is 5.91 Å². The molecule has 0 spiro atoms. The molecule has 0 saturated carbocycles. The molecule has 22 heavy (non-hydrogen) atoms. The molecule has 2 aromatic rings. The van der Waals surface area contributed by atoms with E-state index in [1.54, 1.807) is 6.92 Å². The number of amides is 1. The Bertz CT molecular complexity index is 687. The second kappa shape index (κ2) is 6.32. The number of pyridine rings is 1. The molecule has 116 valence electrons. The number of aliphatic hydroxyl groups is 1. The van der Waals surface area contributed by atoms with Crippen molar-refractivity contribution in [1.82, 2.24) is 10.3 Å². The van der Waals surface area contributed by atoms with Gasteiger partial charge in [-0.05, 0) is 25.0 Å². The SMILES string of the molecule is CC(=O)N[C@H]1CCCN(c2nc3ccccc3cc2CO)C1. The molecule has 1 aromatic heterocycles. The monoisotopic (exact) mass is 299 g/mol. The molecule has 2 N–H and O–H groups in total. The number of carbonyl (C=O) groups excluding carboxylic acids is 1. The van der Waals surface area contributed by atoms with E-state index in [1.165, 1.54) is 0 Å². The molecule has 0 bridgehead atoms. The molecule has 5 heteroatoms. The van der Waals surface area contributed by atoms with Crippen molar-refractivity contribution < 1.29 is 9.90 Å². The van der Waals surface area contributed by atoms with Crippen LogP contribution in [0.1, 0.15) is 25.3 Å². The molecule has 0 unspecified atom stereocenters. The minimum absolute atomic E-state index is 0.000650. The molecular weight excluding hydrogens is 278 g/mol. The molecule has 1 atom stereocenters. The first-order valence-electron chi connectivity index (χ1n) is 7.69. The Kier molecular flexibility index (Phi) is 4.24. The molecule has 1 aromatic carbocycles. The highest BCUT2D eigenvalue weighted by molar-refractivity contribution is 5.82. The van der Waals surface area contributed by atoms with Crippen LogP contribution < -0.4 is 10.2 Å². The fourth-order valence-corrected chi connectivity index (χ4v) is 3.11. The summed E-state index contributed by atoms with van der Waals surface area (Å²) in [5.41, 5.74) is 1.76. The second-order valence-electron chi connectivity index (χ2n) is 5.81. The number of fused-ring (bicyclic) bond motifs is 1. The van der Waals surface area contributed by atoms with Crippen molar-refractivity contribution in [2.75, 3.05) is 18.0 Å². The number of carbonyl (C=O) groups is 1. The first kappa shape index (κ1) is 14.8. The zero-order valence-electron chi connectivity index (χ0n) is 12.7. The summed E-state index contributed by atoms with van der Waals surface area (Å²) in [4.78, 5) is 18.2. The fraction of sp³-hybridized carbons (Fsp3) is 0.412. The number of hydrogen-bond donors (Lipinski definition) is 2. The lowest BCUT2D eigenvalue weighted by Crippen LogP contribution is -2.47. The van der Waals surface area contributed by atoms with Crippen LogP contribution in [0.3, 0.4) is 0 Å². The van der Waals surface area contributed by atoms with Crippen LogP contribution in [-0.2, 0) is 11.4 Å². The Hall–Kier alpha value is -2.14. The minimum atomic E-state index is -0.0333. The number of hydrogen-bond acceptors (Lipinski definition) is 4. The Morgan fingerprint density at radius 3 is 3.05 bits per heavy atom. The highest BCUT2D eigenvalue weighted by atomic mass is 16.3. The number of benzene rings is 1. The van der Waals surface area contributed by atoms with Gasteiger partial charge in [0.05, 0.1) is 12.1 Å². The van der Waals surface area contributed by atoms with Gasteiger partial charge in [0.1, 0.15) is 5.82 Å². The van der Waals surface area contributed by atoms with Crippen molar-refractivity contribution in [3.8, 4) is 0 Å². The van der Waals surface area contributed by atoms with Gasteiger partial charge in [0.25, 0.3) is 0 Å². The van der Waals surface area contributed by atoms with Gasteiger partial charge >= 0.3 is 0 Å². The number of aliphatic hydroxyl groups excluding tert-OH is 1. The number of nitrogens with zero attached hydrogens (tertiary/aromatic N) is 2. The van der Waals surface area contributed by atoms with Crippen LogP contribution in [0.4, 0.5) is 5.82 Å². The van der Waals surface area contributed by atoms with Crippen molar-refractivity contribution in [2.24, 2.45) is 0 Å². The Balaban J connectivity index is 1.92. The van der Waals surface area contributed by atoms with E-state index in [0.717, 1.165) is 48.2 Å². The molecule has 1 aliphatic rings. The van der Waals surface area contributed by atoms with E-state index < -0.39 is 0 Å². The van der Waals surface area contributed by atoms with E-state index in [1.807, 2.05) is 30.3 Å². The Morgan fingerprint density at radius 1 is 1.45 bits per heavy atom. The van der Waals surface area contributed by atoms with E-state index >= 15 is 0 Å². The summed E-state index contributed by atoms with van der Waals surface area (Å²) in [6.07, 6.45) is 1.99. The number of nitrogens with one attached hydrogen (secondary N) is 1. The Morgan fingerprint density at radius 2 is 2.27 bits per heavy atom. The number of anilines is 1. The lowest BCUT2D eigenvalue weighted by atomic mass is 10.0. The van der Waals surface area contributed by atoms with Crippen LogP contribution in [-0.4, -0.2) is 35.1 Å². The lowest BCUT2D eigenvalue weighted by Gasteiger charge is -2.34. The minimum Gasteiger partial charge on any atom is -0.392 e. The van der Waals surface area contributed by atoms with Gasteiger partial charge < -0.3 is 15.3 Å². The van der Waals surface area contributed by atoms with Crippen LogP contribution >= 0.6 is 0 Å². The molecule has 1 saturated heterocycles. The Labute approximate surface area is 130 Å². The van der Waals surface area contributed by atoms with E-state index in [-0.39, 0.29) is 18.6 Å². The first-order chi connectivity index (χ1) is 10.7. The van der Waals surface area contributed by atoms with Crippen molar-refractivity contribution in [1.29, 1.82) is 0 Å². The van der Waals surface area contributed by atoms with Crippen molar-refractivity contribution in [3.63, 3.8) is 0 Å². The maximum atomic E-state index is 11.3. The highest BCUT2D eigenvalue weighted by Crippen LogP contribution is 2.26. The van der Waals surface area contributed by atoms with Gasteiger partial charge in [-0.1, -0.05) is 18.2 Å². The van der Waals surface area contributed by atoms with E-state index in [0.29, 0.717) is 0 Å². The summed E-state index contributed by atoms with van der Waals surface area (Å²) in [7, 11) is 0. The van der Waals surface area contributed by atoms with Gasteiger partial charge in [0.15, 0.2) is 0 Å². The molecule has 3 rings (SSSR count). The predicted molar refractivity (Wildman–Crippen MR) is 86.7 cm³/mol. The van der Waals surface area contributed by atoms with E-state index in [9.17, 15) is 9.90 Å². The standard InChI is InChI=1S/C17H21N3O2/c1-12(22)18-15-6-4-8-20(10-15)17-14(11-21)9-13-5-2-3-7-16(13)19-17/h2-3,5,7,9,15,21H,4,6,8,10-11H2,1H3,(H,18,22)/t15-/m0/s1. The van der Waals surface area contributed by atoms with Crippen LogP contribution in [0, 0.1) is 0 Å². The topological polar surface area (TPSA) is 65.5 Å². The molecule has 0 aliphatic carbocycles. The molecule has 1 fully saturated rings. The van der Waals surface area contributed by atoms with Gasteiger partial charge in [-0.3, -0.25) is 4.79 Å². The van der Waals surface area contributed by atoms with Crippen molar-refractivity contribution in [3.05, 3.63) is 35.9 Å². The molecular formula is C17H21N3O2. The summed E-state index contributed by atoms with van der Waals surface area (Å²) in [5.74, 6) is 0.831. The van der Waals surface area contributed by atoms with Crippen LogP contribution in [0.5, 0.6) is 0 Å². The van der Waals surface area contributed by atoms with Crippen LogP contribution in [0.2, 0.25) is 0 Å². The number of rotatable bonds is 3. The molecule has 1 aliphatic heterocycles. The zero-order chi connectivity index (χ0) is 15.5. The summed E-state index contributed by atoms with van der Waals surface area (Å²) < 4.78 is 0. The van der Waals surface area contributed by atoms with Crippen LogP contribution in [0.25, 0.3) is 10.9 Å². The third kappa shape index (κ3) is 3.04.